The van der Waals surface area contributed by atoms with Gasteiger partial charge in [0.05, 0.1) is 9.79 Å². The summed E-state index contributed by atoms with van der Waals surface area (Å²) in [6, 6.07) is 9.10. The molecule has 7 nitrogen and oxygen atoms in total. The average molecular weight is 599 g/mol. The summed E-state index contributed by atoms with van der Waals surface area (Å²) in [6.45, 7) is 2.24. The van der Waals surface area contributed by atoms with Gasteiger partial charge in [-0.05, 0) is 54.8 Å². The van der Waals surface area contributed by atoms with E-state index in [2.05, 4.69) is 6.92 Å². The predicted molar refractivity (Wildman–Crippen MR) is 143 cm³/mol. The summed E-state index contributed by atoms with van der Waals surface area (Å²) in [7, 11) is -9.37. The maximum absolute atomic E-state index is 11.6. The van der Waals surface area contributed by atoms with Crippen LogP contribution in [0.4, 0.5) is 0 Å². The molecule has 0 N–H and O–H groups in total. The maximum atomic E-state index is 11.6. The van der Waals surface area contributed by atoms with Crippen LogP contribution in [0.5, 0.6) is 11.5 Å². The molecule has 0 unspecified atom stereocenters. The van der Waals surface area contributed by atoms with Gasteiger partial charge in [0.15, 0.2) is 0 Å². The second kappa shape index (κ2) is 20.9. The Bertz CT molecular complexity index is 1170. The summed E-state index contributed by atoms with van der Waals surface area (Å²) in [6.07, 6.45) is 17.9. The van der Waals surface area contributed by atoms with Crippen LogP contribution in [0, 0.1) is 0 Å². The third-order valence-corrected chi connectivity index (χ3v) is 8.02. The Morgan fingerprint density at radius 3 is 1.54 bits per heavy atom. The zero-order valence-electron chi connectivity index (χ0n) is 23.8. The van der Waals surface area contributed by atoms with E-state index >= 15 is 0 Å². The fraction of sp³-hybridized carbons (Fsp3) is 0.571. The monoisotopic (exact) mass is 598 g/mol. The van der Waals surface area contributed by atoms with Crippen molar-refractivity contribution in [1.82, 2.24) is 0 Å². The van der Waals surface area contributed by atoms with E-state index in [0.717, 1.165) is 37.5 Å². The van der Waals surface area contributed by atoms with Crippen molar-refractivity contribution in [2.75, 3.05) is 0 Å². The van der Waals surface area contributed by atoms with Crippen LogP contribution in [0.25, 0.3) is 0 Å². The van der Waals surface area contributed by atoms with Gasteiger partial charge >= 0.3 is 59.1 Å². The molecule has 0 amide bonds. The Morgan fingerprint density at radius 2 is 1.05 bits per heavy atom. The van der Waals surface area contributed by atoms with Crippen LogP contribution in [0.3, 0.4) is 0 Å². The van der Waals surface area contributed by atoms with Crippen molar-refractivity contribution in [3.8, 4) is 11.5 Å². The van der Waals surface area contributed by atoms with E-state index < -0.39 is 30.0 Å². The van der Waals surface area contributed by atoms with Crippen molar-refractivity contribution in [2.45, 2.75) is 113 Å². The molecule has 2 aromatic carbocycles. The first-order valence-electron chi connectivity index (χ1n) is 13.4. The zero-order valence-corrected chi connectivity index (χ0v) is 29.5. The molecule has 0 heterocycles. The molecule has 208 valence electrons. The molecule has 0 aromatic heterocycles. The van der Waals surface area contributed by atoms with Gasteiger partial charge < -0.3 is 13.8 Å². The summed E-state index contributed by atoms with van der Waals surface area (Å²) in [5, 5.41) is 0. The number of hydrogen-bond donors (Lipinski definition) is 0. The zero-order chi connectivity index (χ0) is 27.2. The van der Waals surface area contributed by atoms with Gasteiger partial charge in [-0.3, -0.25) is 0 Å². The van der Waals surface area contributed by atoms with Gasteiger partial charge in [0.1, 0.15) is 31.7 Å². The summed E-state index contributed by atoms with van der Waals surface area (Å²) >= 11 is 0. The number of rotatable bonds is 19. The van der Waals surface area contributed by atoms with Crippen LogP contribution in [-0.4, -0.2) is 25.9 Å². The van der Waals surface area contributed by atoms with Crippen LogP contribution in [0.1, 0.15) is 102 Å². The van der Waals surface area contributed by atoms with Crippen LogP contribution < -0.4 is 63.9 Å². The molecular weight excluding hydrogens is 558 g/mol. The van der Waals surface area contributed by atoms with Crippen LogP contribution in [0.2, 0.25) is 0 Å². The normalized spacial score (nSPS) is 11.5. The molecule has 2 rings (SSSR count). The molecule has 0 spiro atoms. The minimum Gasteiger partial charge on any atom is -0.744 e. The van der Waals surface area contributed by atoms with Gasteiger partial charge in [0.25, 0.3) is 0 Å². The van der Waals surface area contributed by atoms with Gasteiger partial charge in [0.2, 0.25) is 0 Å². The minimum atomic E-state index is -4.71. The molecule has 0 aliphatic heterocycles. The van der Waals surface area contributed by atoms with E-state index in [4.69, 9.17) is 4.74 Å². The molecule has 0 aliphatic rings. The Labute approximate surface area is 280 Å². The van der Waals surface area contributed by atoms with E-state index in [1.807, 2.05) is 0 Å². The van der Waals surface area contributed by atoms with Crippen LogP contribution >= 0.6 is 0 Å². The number of unbranched alkanes of at least 4 members (excludes halogenated alkanes) is 13. The molecule has 0 atom stereocenters. The third kappa shape index (κ3) is 16.9. The molecule has 2 aromatic rings. The molecule has 0 aliphatic carbocycles. The van der Waals surface area contributed by atoms with Crippen molar-refractivity contribution in [1.29, 1.82) is 0 Å². The Kier molecular flexibility index (Phi) is 20.9. The molecule has 0 radical (unpaired) electrons. The van der Waals surface area contributed by atoms with E-state index in [1.54, 1.807) is 6.07 Å². The first-order valence-corrected chi connectivity index (χ1v) is 16.2. The summed E-state index contributed by atoms with van der Waals surface area (Å²) in [4.78, 5) is -0.863. The molecular formula is C28H40Na2O7S2. The maximum Gasteiger partial charge on any atom is 1.00 e. The van der Waals surface area contributed by atoms with Crippen molar-refractivity contribution >= 4 is 20.2 Å². The van der Waals surface area contributed by atoms with E-state index in [-0.39, 0.29) is 70.6 Å². The van der Waals surface area contributed by atoms with E-state index in [1.165, 1.54) is 88.8 Å². The van der Waals surface area contributed by atoms with Crippen molar-refractivity contribution in [2.24, 2.45) is 0 Å². The van der Waals surface area contributed by atoms with Crippen molar-refractivity contribution in [3.05, 3.63) is 48.0 Å². The predicted octanol–water partition coefficient (Wildman–Crippen LogP) is 1.32. The minimum absolute atomic E-state index is 0. The molecule has 39 heavy (non-hydrogen) atoms. The van der Waals surface area contributed by atoms with Gasteiger partial charge in [-0.2, -0.15) is 0 Å². The Morgan fingerprint density at radius 1 is 0.590 bits per heavy atom. The largest absolute Gasteiger partial charge is 1.00 e. The van der Waals surface area contributed by atoms with Crippen LogP contribution in [0.15, 0.2) is 52.3 Å². The second-order valence-corrected chi connectivity index (χ2v) is 12.4. The quantitative estimate of drug-likeness (QED) is 0.136. The Hall–Kier alpha value is 0.0600. The average Bonchev–Trinajstić information content (AvgIpc) is 2.83. The number of ether oxygens (including phenoxy) is 1. The topological polar surface area (TPSA) is 124 Å². The standard InChI is InChI=1S/C28H42O7S2.2Na/c1-2-3-4-5-6-7-8-9-10-11-12-13-14-15-17-24-20-26(23-28(21-24)37(32,33)34)35-25-18-16-19-27(22-25)36(29,30)31;;/h16,18-23H,2-15,17H2,1H3,(H,29,30,31)(H,32,33,34);;/q;2*+1/p-2. The molecule has 0 saturated carbocycles. The smallest absolute Gasteiger partial charge is 0.744 e. The van der Waals surface area contributed by atoms with Crippen molar-refractivity contribution < 1.29 is 89.8 Å². The fourth-order valence-corrected chi connectivity index (χ4v) is 5.39. The van der Waals surface area contributed by atoms with Gasteiger partial charge in [-0.1, -0.05) is 96.5 Å². The summed E-state index contributed by atoms with van der Waals surface area (Å²) < 4.78 is 74.3. The first-order chi connectivity index (χ1) is 17.6. The number of aryl methyl sites for hydroxylation is 1. The van der Waals surface area contributed by atoms with Gasteiger partial charge in [-0.25, -0.2) is 16.8 Å². The molecule has 11 heteroatoms. The number of benzene rings is 2. The van der Waals surface area contributed by atoms with E-state index in [0.29, 0.717) is 12.0 Å². The molecule has 0 fully saturated rings. The van der Waals surface area contributed by atoms with Crippen molar-refractivity contribution in [3.63, 3.8) is 0 Å². The molecule has 0 bridgehead atoms. The Balaban J connectivity index is 0.00000722. The van der Waals surface area contributed by atoms with E-state index in [9.17, 15) is 25.9 Å². The third-order valence-electron chi connectivity index (χ3n) is 6.38. The number of hydrogen-bond acceptors (Lipinski definition) is 7. The second-order valence-electron chi connectivity index (χ2n) is 9.64. The summed E-state index contributed by atoms with van der Waals surface area (Å²) in [5.41, 5.74) is 0.651. The fourth-order valence-electron chi connectivity index (χ4n) is 4.33. The van der Waals surface area contributed by atoms with Crippen LogP contribution in [-0.2, 0) is 26.7 Å². The molecule has 0 saturated heterocycles. The van der Waals surface area contributed by atoms with Gasteiger partial charge in [-0.15, -0.1) is 0 Å². The SMILES string of the molecule is CCCCCCCCCCCCCCCCc1cc(Oc2cccc(S(=O)(=O)[O-])c2)cc(S(=O)(=O)[O-])c1.[Na+].[Na+]. The summed E-state index contributed by atoms with van der Waals surface area (Å²) in [5.74, 6) is 0.151. The first kappa shape index (κ1) is 39.1. The van der Waals surface area contributed by atoms with Gasteiger partial charge in [0, 0.05) is 0 Å².